The first-order valence-corrected chi connectivity index (χ1v) is 6.70. The molecule has 0 spiro atoms. The molecule has 0 saturated heterocycles. The lowest BCUT2D eigenvalue weighted by molar-refractivity contribution is -0.142. The average molecular weight is 273 g/mol. The van der Waals surface area contributed by atoms with Crippen molar-refractivity contribution >= 4 is 5.97 Å². The van der Waals surface area contributed by atoms with Crippen LogP contribution in [0.25, 0.3) is 11.5 Å². The predicted octanol–water partition coefficient (Wildman–Crippen LogP) is 2.49. The van der Waals surface area contributed by atoms with Crippen molar-refractivity contribution in [3.63, 3.8) is 0 Å². The van der Waals surface area contributed by atoms with Crippen molar-refractivity contribution in [2.75, 3.05) is 0 Å². The van der Waals surface area contributed by atoms with E-state index in [1.165, 1.54) is 0 Å². The van der Waals surface area contributed by atoms with E-state index in [0.717, 1.165) is 18.4 Å². The first-order chi connectivity index (χ1) is 9.74. The summed E-state index contributed by atoms with van der Waals surface area (Å²) >= 11 is 0. The first kappa shape index (κ1) is 12.8. The van der Waals surface area contributed by atoms with Crippen LogP contribution in [-0.4, -0.2) is 26.3 Å². The molecule has 1 aliphatic rings. The summed E-state index contributed by atoms with van der Waals surface area (Å²) in [5.41, 5.74) is 0.797. The van der Waals surface area contributed by atoms with Crippen molar-refractivity contribution in [1.29, 1.82) is 0 Å². The van der Waals surface area contributed by atoms with Gasteiger partial charge in [-0.05, 0) is 37.8 Å². The Hall–Kier alpha value is -2.24. The zero-order valence-corrected chi connectivity index (χ0v) is 10.9. The quantitative estimate of drug-likeness (QED) is 0.924. The van der Waals surface area contributed by atoms with Gasteiger partial charge in [-0.3, -0.25) is 9.78 Å². The van der Waals surface area contributed by atoms with Crippen LogP contribution >= 0.6 is 0 Å². The summed E-state index contributed by atoms with van der Waals surface area (Å²) in [6, 6.07) is 3.68. The van der Waals surface area contributed by atoms with E-state index < -0.39 is 5.97 Å². The lowest BCUT2D eigenvalue weighted by Gasteiger charge is -2.23. The molecule has 6 heteroatoms. The Bertz CT molecular complexity index is 589. The van der Waals surface area contributed by atoms with Gasteiger partial charge in [0.2, 0.25) is 11.8 Å². The molecular formula is C14H15N3O3. The fourth-order valence-corrected chi connectivity index (χ4v) is 2.59. The maximum Gasteiger partial charge on any atom is 0.306 e. The Kier molecular flexibility index (Phi) is 3.45. The molecule has 2 aromatic heterocycles. The Morgan fingerprint density at radius 2 is 2.05 bits per heavy atom. The molecule has 2 heterocycles. The highest BCUT2D eigenvalue weighted by molar-refractivity contribution is 5.70. The maximum atomic E-state index is 10.9. The van der Waals surface area contributed by atoms with Crippen molar-refractivity contribution in [2.45, 2.75) is 31.6 Å². The molecular weight excluding hydrogens is 258 g/mol. The maximum absolute atomic E-state index is 10.9. The van der Waals surface area contributed by atoms with E-state index in [9.17, 15) is 4.79 Å². The molecule has 0 atom stereocenters. The Balaban J connectivity index is 1.71. The van der Waals surface area contributed by atoms with Gasteiger partial charge >= 0.3 is 5.97 Å². The number of carboxylic acid groups (broad SMARTS) is 1. The second kappa shape index (κ2) is 5.40. The Morgan fingerprint density at radius 1 is 1.25 bits per heavy atom. The van der Waals surface area contributed by atoms with Crippen molar-refractivity contribution < 1.29 is 14.3 Å². The van der Waals surface area contributed by atoms with Gasteiger partial charge in [-0.15, -0.1) is 10.2 Å². The number of aliphatic carboxylic acids is 1. The monoisotopic (exact) mass is 273 g/mol. The zero-order valence-electron chi connectivity index (χ0n) is 10.9. The van der Waals surface area contributed by atoms with Gasteiger partial charge in [0, 0.05) is 18.3 Å². The molecule has 0 aromatic carbocycles. The lowest BCUT2D eigenvalue weighted by atomic mass is 9.82. The molecule has 6 nitrogen and oxygen atoms in total. The highest BCUT2D eigenvalue weighted by Gasteiger charge is 2.29. The number of rotatable bonds is 3. The van der Waals surface area contributed by atoms with Crippen LogP contribution in [0.1, 0.15) is 37.5 Å². The Labute approximate surface area is 115 Å². The lowest BCUT2D eigenvalue weighted by Crippen LogP contribution is -2.20. The molecule has 0 bridgehead atoms. The molecule has 1 N–H and O–H groups in total. The number of hydrogen-bond acceptors (Lipinski definition) is 5. The molecule has 1 aliphatic carbocycles. The van der Waals surface area contributed by atoms with Crippen LogP contribution in [0, 0.1) is 5.92 Å². The van der Waals surface area contributed by atoms with Gasteiger partial charge in [0.25, 0.3) is 0 Å². The summed E-state index contributed by atoms with van der Waals surface area (Å²) in [6.45, 7) is 0. The number of carbonyl (C=O) groups is 1. The molecule has 2 aromatic rings. The number of pyridine rings is 1. The normalized spacial score (nSPS) is 22.6. The summed E-state index contributed by atoms with van der Waals surface area (Å²) in [4.78, 5) is 14.9. The largest absolute Gasteiger partial charge is 0.481 e. The SMILES string of the molecule is O=C(O)[C@H]1CC[C@H](c2nnc(-c3cccnc3)o2)CC1. The number of aromatic nitrogens is 3. The van der Waals surface area contributed by atoms with Crippen molar-refractivity contribution in [1.82, 2.24) is 15.2 Å². The van der Waals surface area contributed by atoms with Crippen LogP contribution in [0.4, 0.5) is 0 Å². The third-order valence-corrected chi connectivity index (χ3v) is 3.77. The standard InChI is InChI=1S/C14H15N3O3/c18-14(19)10-5-3-9(4-6-10)12-16-17-13(20-12)11-2-1-7-15-8-11/h1-2,7-10H,3-6H2,(H,18,19)/t9-,10-. The van der Waals surface area contributed by atoms with E-state index in [1.807, 2.05) is 12.1 Å². The third-order valence-electron chi connectivity index (χ3n) is 3.77. The van der Waals surface area contributed by atoms with Gasteiger partial charge in [-0.2, -0.15) is 0 Å². The molecule has 20 heavy (non-hydrogen) atoms. The fraction of sp³-hybridized carbons (Fsp3) is 0.429. The minimum absolute atomic E-state index is 0.170. The molecule has 0 radical (unpaired) electrons. The summed E-state index contributed by atoms with van der Waals surface area (Å²) < 4.78 is 5.70. The van der Waals surface area contributed by atoms with Crippen LogP contribution in [0.5, 0.6) is 0 Å². The van der Waals surface area contributed by atoms with E-state index in [-0.39, 0.29) is 11.8 Å². The van der Waals surface area contributed by atoms with E-state index in [0.29, 0.717) is 24.6 Å². The number of hydrogen-bond donors (Lipinski definition) is 1. The number of nitrogens with zero attached hydrogens (tertiary/aromatic N) is 3. The van der Waals surface area contributed by atoms with E-state index >= 15 is 0 Å². The second-order valence-electron chi connectivity index (χ2n) is 5.07. The smallest absolute Gasteiger partial charge is 0.306 e. The van der Waals surface area contributed by atoms with Gasteiger partial charge in [-0.25, -0.2) is 0 Å². The minimum Gasteiger partial charge on any atom is -0.481 e. The van der Waals surface area contributed by atoms with Crippen LogP contribution in [-0.2, 0) is 4.79 Å². The van der Waals surface area contributed by atoms with Crippen LogP contribution in [0.2, 0.25) is 0 Å². The average Bonchev–Trinajstić information content (AvgIpc) is 2.98. The van der Waals surface area contributed by atoms with Crippen LogP contribution in [0.3, 0.4) is 0 Å². The molecule has 104 valence electrons. The van der Waals surface area contributed by atoms with Gasteiger partial charge < -0.3 is 9.52 Å². The fourth-order valence-electron chi connectivity index (χ4n) is 2.59. The number of carboxylic acids is 1. The highest BCUT2D eigenvalue weighted by atomic mass is 16.4. The van der Waals surface area contributed by atoms with Crippen molar-refractivity contribution in [2.24, 2.45) is 5.92 Å². The zero-order chi connectivity index (χ0) is 13.9. The molecule has 0 amide bonds. The van der Waals surface area contributed by atoms with Gasteiger partial charge in [0.1, 0.15) is 0 Å². The predicted molar refractivity (Wildman–Crippen MR) is 69.9 cm³/mol. The molecule has 1 fully saturated rings. The van der Waals surface area contributed by atoms with Crippen LogP contribution in [0.15, 0.2) is 28.9 Å². The summed E-state index contributed by atoms with van der Waals surface area (Å²) in [6.07, 6.45) is 6.28. The van der Waals surface area contributed by atoms with Crippen LogP contribution < -0.4 is 0 Å². The molecule has 1 saturated carbocycles. The summed E-state index contributed by atoms with van der Waals surface area (Å²) in [5.74, 6) is 0.307. The summed E-state index contributed by atoms with van der Waals surface area (Å²) in [7, 11) is 0. The second-order valence-corrected chi connectivity index (χ2v) is 5.07. The van der Waals surface area contributed by atoms with E-state index in [2.05, 4.69) is 15.2 Å². The van der Waals surface area contributed by atoms with Gasteiger partial charge in [-0.1, -0.05) is 0 Å². The summed E-state index contributed by atoms with van der Waals surface area (Å²) in [5, 5.41) is 17.1. The molecule has 0 aliphatic heterocycles. The van der Waals surface area contributed by atoms with E-state index in [4.69, 9.17) is 9.52 Å². The first-order valence-electron chi connectivity index (χ1n) is 6.70. The van der Waals surface area contributed by atoms with E-state index in [1.54, 1.807) is 12.4 Å². The minimum atomic E-state index is -0.704. The topological polar surface area (TPSA) is 89.1 Å². The van der Waals surface area contributed by atoms with Gasteiger partial charge in [0.05, 0.1) is 11.5 Å². The molecule has 0 unspecified atom stereocenters. The molecule has 3 rings (SSSR count). The van der Waals surface area contributed by atoms with Crippen molar-refractivity contribution in [3.05, 3.63) is 30.4 Å². The Morgan fingerprint density at radius 3 is 2.70 bits per heavy atom. The highest BCUT2D eigenvalue weighted by Crippen LogP contribution is 2.35. The van der Waals surface area contributed by atoms with Gasteiger partial charge in [0.15, 0.2) is 0 Å². The van der Waals surface area contributed by atoms with Crippen molar-refractivity contribution in [3.8, 4) is 11.5 Å². The third kappa shape index (κ3) is 2.54.